The Morgan fingerprint density at radius 1 is 1.20 bits per heavy atom. The summed E-state index contributed by atoms with van der Waals surface area (Å²) in [4.78, 5) is 8.45. The van der Waals surface area contributed by atoms with Crippen LogP contribution in [0, 0.1) is 5.82 Å². The van der Waals surface area contributed by atoms with E-state index in [4.69, 9.17) is 16.3 Å². The second-order valence-electron chi connectivity index (χ2n) is 5.13. The Hall–Kier alpha value is -2.67. The molecule has 0 unspecified atom stereocenters. The lowest BCUT2D eigenvalue weighted by Gasteiger charge is -2.14. The van der Waals surface area contributed by atoms with E-state index in [-0.39, 0.29) is 11.6 Å². The number of nitrogens with zero attached hydrogens (tertiary/aromatic N) is 2. The molecule has 1 aromatic heterocycles. The van der Waals surface area contributed by atoms with Gasteiger partial charge in [0.05, 0.1) is 16.2 Å². The minimum atomic E-state index is -0.580. The van der Waals surface area contributed by atoms with Gasteiger partial charge in [0.2, 0.25) is 0 Å². The third-order valence-corrected chi connectivity index (χ3v) is 3.81. The van der Waals surface area contributed by atoms with Gasteiger partial charge in [0.15, 0.2) is 0 Å². The number of ether oxygens (including phenoxy) is 1. The molecular weight excluding hydrogens is 350 g/mol. The van der Waals surface area contributed by atoms with Gasteiger partial charge < -0.3 is 15.4 Å². The largest absolute Gasteiger partial charge is 0.489 e. The van der Waals surface area contributed by atoms with Gasteiger partial charge >= 0.3 is 0 Å². The minimum absolute atomic E-state index is 0.0150. The number of aromatic nitrogens is 2. The van der Waals surface area contributed by atoms with Gasteiger partial charge in [0.1, 0.15) is 37.0 Å². The Kier molecular flexibility index (Phi) is 5.14. The van der Waals surface area contributed by atoms with E-state index in [9.17, 15) is 8.78 Å². The Bertz CT molecular complexity index is 907. The number of rotatable bonds is 6. The normalized spacial score (nSPS) is 10.7. The van der Waals surface area contributed by atoms with Crippen molar-refractivity contribution in [1.29, 1.82) is 0 Å². The van der Waals surface area contributed by atoms with Crippen LogP contribution in [0.15, 0.2) is 36.7 Å². The van der Waals surface area contributed by atoms with E-state index >= 15 is 0 Å². The van der Waals surface area contributed by atoms with Gasteiger partial charge in [-0.3, -0.25) is 0 Å². The van der Waals surface area contributed by atoms with Gasteiger partial charge in [-0.15, -0.1) is 0 Å². The van der Waals surface area contributed by atoms with Gasteiger partial charge in [-0.25, -0.2) is 18.7 Å². The zero-order valence-corrected chi connectivity index (χ0v) is 14.1. The molecule has 3 aromatic rings. The highest BCUT2D eigenvalue weighted by molar-refractivity contribution is 6.31. The van der Waals surface area contributed by atoms with Crippen LogP contribution in [-0.2, 0) is 0 Å². The minimum Gasteiger partial charge on any atom is -0.489 e. The zero-order chi connectivity index (χ0) is 17.8. The first-order chi connectivity index (χ1) is 12.1. The van der Waals surface area contributed by atoms with Gasteiger partial charge in [0.25, 0.3) is 0 Å². The number of fused-ring (bicyclic) bond motifs is 1. The van der Waals surface area contributed by atoms with Gasteiger partial charge in [-0.2, -0.15) is 0 Å². The van der Waals surface area contributed by atoms with E-state index in [1.54, 1.807) is 25.2 Å². The molecule has 3 rings (SSSR count). The maximum absolute atomic E-state index is 13.3. The molecule has 0 radical (unpaired) electrons. The number of benzene rings is 2. The predicted molar refractivity (Wildman–Crippen MR) is 95.2 cm³/mol. The van der Waals surface area contributed by atoms with E-state index in [1.165, 1.54) is 18.5 Å². The van der Waals surface area contributed by atoms with Crippen molar-refractivity contribution in [3.05, 3.63) is 47.5 Å². The third-order valence-electron chi connectivity index (χ3n) is 3.52. The molecule has 0 amide bonds. The molecule has 130 valence electrons. The first-order valence-electron chi connectivity index (χ1n) is 7.49. The van der Waals surface area contributed by atoms with Crippen LogP contribution in [0.2, 0.25) is 5.02 Å². The van der Waals surface area contributed by atoms with Crippen molar-refractivity contribution in [3.8, 4) is 5.75 Å². The molecule has 0 bridgehead atoms. The smallest absolute Gasteiger partial charge is 0.144 e. The summed E-state index contributed by atoms with van der Waals surface area (Å²) in [6.07, 6.45) is 1.40. The second kappa shape index (κ2) is 7.48. The van der Waals surface area contributed by atoms with Crippen LogP contribution in [0.25, 0.3) is 10.9 Å². The van der Waals surface area contributed by atoms with E-state index in [0.717, 1.165) is 5.39 Å². The van der Waals surface area contributed by atoms with Crippen LogP contribution in [0.5, 0.6) is 5.75 Å². The van der Waals surface area contributed by atoms with Gasteiger partial charge in [0, 0.05) is 24.2 Å². The van der Waals surface area contributed by atoms with Crippen LogP contribution in [-0.4, -0.2) is 30.3 Å². The lowest BCUT2D eigenvalue weighted by atomic mass is 10.2. The van der Waals surface area contributed by atoms with Crippen molar-refractivity contribution in [2.75, 3.05) is 31.0 Å². The molecule has 2 N–H and O–H groups in total. The highest BCUT2D eigenvalue weighted by atomic mass is 35.5. The molecule has 1 heterocycles. The summed E-state index contributed by atoms with van der Waals surface area (Å²) in [6.45, 7) is -0.618. The Labute approximate surface area is 148 Å². The average molecular weight is 365 g/mol. The number of alkyl halides is 1. The molecule has 0 aliphatic heterocycles. The molecular formula is C17H15ClF2N4O. The topological polar surface area (TPSA) is 59.1 Å². The second-order valence-corrected chi connectivity index (χ2v) is 5.54. The monoisotopic (exact) mass is 364 g/mol. The lowest BCUT2D eigenvalue weighted by Crippen LogP contribution is -2.03. The SMILES string of the molecule is CNc1cc2c(Nc3ccc(F)c(Cl)c3)ncnc2cc1OCCF. The molecule has 5 nitrogen and oxygen atoms in total. The fourth-order valence-electron chi connectivity index (χ4n) is 2.36. The van der Waals surface area contributed by atoms with Crippen LogP contribution in [0.3, 0.4) is 0 Å². The van der Waals surface area contributed by atoms with Crippen LogP contribution >= 0.6 is 11.6 Å². The van der Waals surface area contributed by atoms with Crippen LogP contribution < -0.4 is 15.4 Å². The highest BCUT2D eigenvalue weighted by Crippen LogP contribution is 2.33. The van der Waals surface area contributed by atoms with Gasteiger partial charge in [-0.05, 0) is 24.3 Å². The zero-order valence-electron chi connectivity index (χ0n) is 13.3. The van der Waals surface area contributed by atoms with Crippen molar-refractivity contribution in [2.24, 2.45) is 0 Å². The maximum atomic E-state index is 13.3. The lowest BCUT2D eigenvalue weighted by molar-refractivity contribution is 0.274. The van der Waals surface area contributed by atoms with Crippen molar-refractivity contribution < 1.29 is 13.5 Å². The molecule has 0 spiro atoms. The number of hydrogen-bond donors (Lipinski definition) is 2. The van der Waals surface area contributed by atoms with Crippen LogP contribution in [0.4, 0.5) is 26.0 Å². The summed E-state index contributed by atoms with van der Waals surface area (Å²) in [5, 5.41) is 6.84. The van der Waals surface area contributed by atoms with Crippen molar-refractivity contribution in [3.63, 3.8) is 0 Å². The average Bonchev–Trinajstić information content (AvgIpc) is 2.62. The molecule has 8 heteroatoms. The summed E-state index contributed by atoms with van der Waals surface area (Å²) < 4.78 is 31.1. The number of anilines is 3. The summed E-state index contributed by atoms with van der Waals surface area (Å²) in [6, 6.07) is 7.82. The molecule has 0 saturated carbocycles. The first-order valence-corrected chi connectivity index (χ1v) is 7.87. The third kappa shape index (κ3) is 3.71. The predicted octanol–water partition coefficient (Wildman–Crippen LogP) is 4.56. The molecule has 0 atom stereocenters. The highest BCUT2D eigenvalue weighted by Gasteiger charge is 2.11. The number of hydrogen-bond acceptors (Lipinski definition) is 5. The fourth-order valence-corrected chi connectivity index (χ4v) is 2.54. The molecule has 0 fully saturated rings. The van der Waals surface area contributed by atoms with Crippen molar-refractivity contribution in [1.82, 2.24) is 9.97 Å². The van der Waals surface area contributed by atoms with E-state index in [2.05, 4.69) is 20.6 Å². The van der Waals surface area contributed by atoms with Crippen molar-refractivity contribution in [2.45, 2.75) is 0 Å². The molecule has 25 heavy (non-hydrogen) atoms. The maximum Gasteiger partial charge on any atom is 0.144 e. The Morgan fingerprint density at radius 3 is 2.76 bits per heavy atom. The summed E-state index contributed by atoms with van der Waals surface area (Å²) in [7, 11) is 1.74. The number of halogens is 3. The summed E-state index contributed by atoms with van der Waals surface area (Å²) >= 11 is 5.81. The standard InChI is InChI=1S/C17H15ClF2N4O/c1-21-15-7-11-14(8-16(15)25-5-4-19)22-9-23-17(11)24-10-2-3-13(20)12(18)6-10/h2-3,6-9,21H,4-5H2,1H3,(H,22,23,24). The van der Waals surface area contributed by atoms with E-state index < -0.39 is 12.5 Å². The molecule has 2 aromatic carbocycles. The summed E-state index contributed by atoms with van der Waals surface area (Å²) in [5.41, 5.74) is 1.89. The van der Waals surface area contributed by atoms with Crippen LogP contribution in [0.1, 0.15) is 0 Å². The van der Waals surface area contributed by atoms with E-state index in [1.807, 2.05) is 0 Å². The quantitative estimate of drug-likeness (QED) is 0.671. The molecule has 0 aliphatic rings. The van der Waals surface area contributed by atoms with Crippen molar-refractivity contribution >= 4 is 39.7 Å². The Morgan fingerprint density at radius 2 is 2.04 bits per heavy atom. The fraction of sp³-hybridized carbons (Fsp3) is 0.176. The number of nitrogens with one attached hydrogen (secondary N) is 2. The van der Waals surface area contributed by atoms with E-state index in [0.29, 0.717) is 28.5 Å². The molecule has 0 aliphatic carbocycles. The Balaban J connectivity index is 2.02. The molecule has 0 saturated heterocycles. The first kappa shape index (κ1) is 17.2. The summed E-state index contributed by atoms with van der Waals surface area (Å²) in [5.74, 6) is 0.537. The van der Waals surface area contributed by atoms with Gasteiger partial charge in [-0.1, -0.05) is 11.6 Å².